The van der Waals surface area contributed by atoms with Crippen LogP contribution in [-0.4, -0.2) is 48.9 Å². The Hall–Kier alpha value is -1.10. The average Bonchev–Trinajstić information content (AvgIpc) is 2.27. The van der Waals surface area contributed by atoms with Gasteiger partial charge < -0.3 is 10.6 Å². The van der Waals surface area contributed by atoms with Crippen molar-refractivity contribution in [2.45, 2.75) is 40.7 Å². The Labute approximate surface area is 110 Å². The number of nitrogens with one attached hydrogen (secondary N) is 2. The summed E-state index contributed by atoms with van der Waals surface area (Å²) in [5, 5.41) is 5.67. The number of hydrogen-bond acceptors (Lipinski definition) is 3. The molecule has 5 nitrogen and oxygen atoms in total. The Morgan fingerprint density at radius 1 is 1.06 bits per heavy atom. The van der Waals surface area contributed by atoms with E-state index in [1.807, 2.05) is 25.7 Å². The van der Waals surface area contributed by atoms with Crippen LogP contribution in [0.5, 0.6) is 0 Å². The summed E-state index contributed by atoms with van der Waals surface area (Å²) in [5.74, 6) is 0.346. The van der Waals surface area contributed by atoms with Gasteiger partial charge >= 0.3 is 0 Å². The zero-order chi connectivity index (χ0) is 14.1. The first-order valence-corrected chi connectivity index (χ1v) is 6.69. The van der Waals surface area contributed by atoms with Gasteiger partial charge in [0.05, 0.1) is 13.1 Å². The molecule has 0 spiro atoms. The van der Waals surface area contributed by atoms with Crippen LogP contribution in [0.1, 0.15) is 34.6 Å². The van der Waals surface area contributed by atoms with E-state index in [2.05, 4.69) is 24.5 Å². The molecule has 0 bridgehead atoms. The maximum Gasteiger partial charge on any atom is 0.234 e. The van der Waals surface area contributed by atoms with E-state index in [0.29, 0.717) is 19.0 Å². The minimum atomic E-state index is -0.0379. The standard InChI is InChI=1S/C13H27N3O2/c1-6-14-12(17)8-16(7-2)9-13(18)15-11(5)10(3)4/h10-11H,6-9H2,1-5H3,(H,14,17)(H,15,18). The summed E-state index contributed by atoms with van der Waals surface area (Å²) < 4.78 is 0. The molecule has 0 aliphatic heterocycles. The van der Waals surface area contributed by atoms with E-state index < -0.39 is 0 Å². The van der Waals surface area contributed by atoms with Gasteiger partial charge in [-0.1, -0.05) is 20.8 Å². The predicted molar refractivity (Wildman–Crippen MR) is 73.2 cm³/mol. The molecule has 1 atom stereocenters. The van der Waals surface area contributed by atoms with Gasteiger partial charge in [-0.25, -0.2) is 0 Å². The van der Waals surface area contributed by atoms with Crippen molar-refractivity contribution in [1.29, 1.82) is 0 Å². The lowest BCUT2D eigenvalue weighted by Crippen LogP contribution is -2.45. The smallest absolute Gasteiger partial charge is 0.234 e. The zero-order valence-electron chi connectivity index (χ0n) is 12.2. The average molecular weight is 257 g/mol. The second kappa shape index (κ2) is 8.91. The number of likely N-dealkylation sites (N-methyl/N-ethyl adjacent to an activating group) is 2. The van der Waals surface area contributed by atoms with Gasteiger partial charge in [0.2, 0.25) is 11.8 Å². The van der Waals surface area contributed by atoms with Crippen molar-refractivity contribution in [3.05, 3.63) is 0 Å². The topological polar surface area (TPSA) is 61.4 Å². The second-order valence-electron chi connectivity index (χ2n) is 4.86. The number of carbonyl (C=O) groups excluding carboxylic acids is 2. The highest BCUT2D eigenvalue weighted by molar-refractivity contribution is 5.81. The van der Waals surface area contributed by atoms with Crippen LogP contribution in [0.3, 0.4) is 0 Å². The molecule has 0 aromatic carbocycles. The molecule has 0 rings (SSSR count). The molecule has 0 aromatic heterocycles. The minimum Gasteiger partial charge on any atom is -0.355 e. The van der Waals surface area contributed by atoms with Gasteiger partial charge in [0.1, 0.15) is 0 Å². The van der Waals surface area contributed by atoms with E-state index in [1.54, 1.807) is 0 Å². The second-order valence-corrected chi connectivity index (χ2v) is 4.86. The Kier molecular flexibility index (Phi) is 8.37. The molecular weight excluding hydrogens is 230 g/mol. The Balaban J connectivity index is 4.12. The third kappa shape index (κ3) is 7.27. The third-order valence-electron chi connectivity index (χ3n) is 2.94. The van der Waals surface area contributed by atoms with Gasteiger partial charge in [0, 0.05) is 12.6 Å². The summed E-state index contributed by atoms with van der Waals surface area (Å²) >= 11 is 0. The molecule has 0 heterocycles. The molecule has 0 saturated heterocycles. The van der Waals surface area contributed by atoms with Gasteiger partial charge in [-0.15, -0.1) is 0 Å². The van der Waals surface area contributed by atoms with Gasteiger partial charge in [-0.05, 0) is 26.3 Å². The molecule has 0 aliphatic carbocycles. The molecule has 1 unspecified atom stereocenters. The van der Waals surface area contributed by atoms with Crippen LogP contribution in [0.25, 0.3) is 0 Å². The van der Waals surface area contributed by atoms with Gasteiger partial charge in [-0.2, -0.15) is 0 Å². The SMILES string of the molecule is CCNC(=O)CN(CC)CC(=O)NC(C)C(C)C. The normalized spacial score (nSPS) is 12.6. The molecule has 0 aromatic rings. The molecule has 2 N–H and O–H groups in total. The predicted octanol–water partition coefficient (Wildman–Crippen LogP) is 0.605. The quantitative estimate of drug-likeness (QED) is 0.669. The lowest BCUT2D eigenvalue weighted by molar-refractivity contribution is -0.125. The molecule has 2 amide bonds. The van der Waals surface area contributed by atoms with E-state index in [0.717, 1.165) is 0 Å². The van der Waals surface area contributed by atoms with Gasteiger partial charge in [0.15, 0.2) is 0 Å². The van der Waals surface area contributed by atoms with E-state index in [9.17, 15) is 9.59 Å². The highest BCUT2D eigenvalue weighted by Crippen LogP contribution is 1.99. The zero-order valence-corrected chi connectivity index (χ0v) is 12.2. The van der Waals surface area contributed by atoms with Crippen molar-refractivity contribution in [2.24, 2.45) is 5.92 Å². The van der Waals surface area contributed by atoms with Crippen molar-refractivity contribution in [3.63, 3.8) is 0 Å². The summed E-state index contributed by atoms with van der Waals surface area (Å²) in [6.45, 7) is 11.8. The first kappa shape index (κ1) is 16.9. The Morgan fingerprint density at radius 2 is 1.61 bits per heavy atom. The molecule has 0 fully saturated rings. The Bertz CT molecular complexity index is 267. The van der Waals surface area contributed by atoms with Gasteiger partial charge in [0.25, 0.3) is 0 Å². The van der Waals surface area contributed by atoms with E-state index in [-0.39, 0.29) is 30.9 Å². The molecule has 0 radical (unpaired) electrons. The lowest BCUT2D eigenvalue weighted by atomic mass is 10.1. The van der Waals surface area contributed by atoms with Crippen LogP contribution in [0.2, 0.25) is 0 Å². The Morgan fingerprint density at radius 3 is 2.06 bits per heavy atom. The largest absolute Gasteiger partial charge is 0.355 e. The molecule has 18 heavy (non-hydrogen) atoms. The summed E-state index contributed by atoms with van der Waals surface area (Å²) in [4.78, 5) is 25.0. The summed E-state index contributed by atoms with van der Waals surface area (Å²) in [6, 6.07) is 0.153. The number of amides is 2. The summed E-state index contributed by atoms with van der Waals surface area (Å²) in [6.07, 6.45) is 0. The van der Waals surface area contributed by atoms with Crippen LogP contribution < -0.4 is 10.6 Å². The van der Waals surface area contributed by atoms with Crippen LogP contribution in [0, 0.1) is 5.92 Å². The molecule has 0 aliphatic rings. The van der Waals surface area contributed by atoms with Crippen molar-refractivity contribution in [1.82, 2.24) is 15.5 Å². The van der Waals surface area contributed by atoms with Crippen molar-refractivity contribution in [2.75, 3.05) is 26.2 Å². The maximum absolute atomic E-state index is 11.8. The molecule has 0 saturated carbocycles. The van der Waals surface area contributed by atoms with Crippen LogP contribution in [-0.2, 0) is 9.59 Å². The monoisotopic (exact) mass is 257 g/mol. The fourth-order valence-electron chi connectivity index (χ4n) is 1.41. The molecule has 106 valence electrons. The fourth-order valence-corrected chi connectivity index (χ4v) is 1.41. The number of hydrogen-bond donors (Lipinski definition) is 2. The van der Waals surface area contributed by atoms with E-state index in [4.69, 9.17) is 0 Å². The number of rotatable bonds is 8. The first-order chi connectivity index (χ1) is 8.40. The number of carbonyl (C=O) groups is 2. The van der Waals surface area contributed by atoms with Crippen molar-refractivity contribution < 1.29 is 9.59 Å². The first-order valence-electron chi connectivity index (χ1n) is 6.69. The van der Waals surface area contributed by atoms with E-state index >= 15 is 0 Å². The summed E-state index contributed by atoms with van der Waals surface area (Å²) in [7, 11) is 0. The minimum absolute atomic E-state index is 0.0256. The molecule has 5 heteroatoms. The molecular formula is C13H27N3O2. The van der Waals surface area contributed by atoms with Gasteiger partial charge in [-0.3, -0.25) is 14.5 Å². The third-order valence-corrected chi connectivity index (χ3v) is 2.94. The lowest BCUT2D eigenvalue weighted by Gasteiger charge is -2.22. The van der Waals surface area contributed by atoms with Crippen LogP contribution in [0.15, 0.2) is 0 Å². The van der Waals surface area contributed by atoms with Crippen molar-refractivity contribution >= 4 is 11.8 Å². The van der Waals surface area contributed by atoms with E-state index in [1.165, 1.54) is 0 Å². The van der Waals surface area contributed by atoms with Crippen LogP contribution >= 0.6 is 0 Å². The van der Waals surface area contributed by atoms with Crippen molar-refractivity contribution in [3.8, 4) is 0 Å². The highest BCUT2D eigenvalue weighted by atomic mass is 16.2. The number of nitrogens with zero attached hydrogens (tertiary/aromatic N) is 1. The maximum atomic E-state index is 11.8. The highest BCUT2D eigenvalue weighted by Gasteiger charge is 2.15. The van der Waals surface area contributed by atoms with Crippen LogP contribution in [0.4, 0.5) is 0 Å². The fraction of sp³-hybridized carbons (Fsp3) is 0.846. The summed E-state index contributed by atoms with van der Waals surface area (Å²) in [5.41, 5.74) is 0.